The monoisotopic (exact) mass is 341 g/mol. The zero-order chi connectivity index (χ0) is 18.1. The molecule has 0 amide bonds. The van der Waals surface area contributed by atoms with Crippen LogP contribution in [0.25, 0.3) is 27.9 Å². The lowest BCUT2D eigenvalue weighted by Crippen LogP contribution is -1.99. The van der Waals surface area contributed by atoms with Crippen LogP contribution in [0.5, 0.6) is 0 Å². The smallest absolute Gasteiger partial charge is 0.304 e. The van der Waals surface area contributed by atoms with Crippen LogP contribution in [0, 0.1) is 0 Å². The lowest BCUT2D eigenvalue weighted by molar-refractivity contribution is 1.20. The molecule has 0 aliphatic rings. The molecule has 0 bridgehead atoms. The number of benzene rings is 1. The third-order valence-electron chi connectivity index (χ3n) is 4.22. The molecule has 6 nitrogen and oxygen atoms in total. The molecule has 0 fully saturated rings. The van der Waals surface area contributed by atoms with Gasteiger partial charge in [-0.3, -0.25) is 15.0 Å². The molecule has 3 heterocycles. The summed E-state index contributed by atoms with van der Waals surface area (Å²) in [6.45, 7) is 7.86. The number of nitrogens with one attached hydrogen (secondary N) is 2. The topological polar surface area (TPSA) is 86.8 Å². The van der Waals surface area contributed by atoms with Crippen LogP contribution >= 0.6 is 0 Å². The number of aliphatic imine (C=N–C) groups is 1. The van der Waals surface area contributed by atoms with Crippen molar-refractivity contribution in [3.8, 4) is 11.1 Å². The van der Waals surface area contributed by atoms with Gasteiger partial charge in [-0.1, -0.05) is 12.6 Å². The number of fused-ring (bicyclic) bond motifs is 1. The highest BCUT2D eigenvalue weighted by Crippen LogP contribution is 2.34. The van der Waals surface area contributed by atoms with Gasteiger partial charge in [-0.2, -0.15) is 0 Å². The Kier molecular flexibility index (Phi) is 3.78. The second kappa shape index (κ2) is 6.25. The molecular formula is C20H15N5O. The molecule has 0 atom stereocenters. The predicted octanol–water partition coefficient (Wildman–Crippen LogP) is 3.71. The summed E-state index contributed by atoms with van der Waals surface area (Å²) in [5.74, 6) is 0. The van der Waals surface area contributed by atoms with Gasteiger partial charge in [0, 0.05) is 29.7 Å². The Bertz CT molecular complexity index is 1190. The number of H-pyrrole nitrogens is 2. The third-order valence-corrected chi connectivity index (χ3v) is 4.22. The number of aromatic amines is 2. The van der Waals surface area contributed by atoms with Gasteiger partial charge in [0.15, 0.2) is 5.65 Å². The van der Waals surface area contributed by atoms with Crippen molar-refractivity contribution in [1.29, 1.82) is 0 Å². The molecule has 4 aromatic rings. The average Bonchev–Trinajstić information content (AvgIpc) is 3.06. The van der Waals surface area contributed by atoms with Gasteiger partial charge in [0.05, 0.1) is 11.2 Å². The molecule has 6 heteroatoms. The van der Waals surface area contributed by atoms with Crippen molar-refractivity contribution in [2.24, 2.45) is 4.99 Å². The summed E-state index contributed by atoms with van der Waals surface area (Å²) in [5.41, 5.74) is 6.17. The van der Waals surface area contributed by atoms with Crippen LogP contribution in [0.15, 0.2) is 71.4 Å². The van der Waals surface area contributed by atoms with Crippen molar-refractivity contribution in [2.45, 2.75) is 0 Å². The molecule has 0 saturated carbocycles. The van der Waals surface area contributed by atoms with Crippen molar-refractivity contribution in [1.82, 2.24) is 19.9 Å². The van der Waals surface area contributed by atoms with E-state index in [4.69, 9.17) is 0 Å². The molecule has 0 radical (unpaired) electrons. The van der Waals surface area contributed by atoms with E-state index >= 15 is 0 Å². The number of hydrogen-bond acceptors (Lipinski definition) is 4. The number of imidazole rings is 1. The van der Waals surface area contributed by atoms with E-state index in [0.29, 0.717) is 11.2 Å². The van der Waals surface area contributed by atoms with Gasteiger partial charge in [-0.15, -0.1) is 0 Å². The van der Waals surface area contributed by atoms with Crippen molar-refractivity contribution in [3.05, 3.63) is 83.2 Å². The third kappa shape index (κ3) is 2.73. The molecule has 0 unspecified atom stereocenters. The molecule has 0 spiro atoms. The summed E-state index contributed by atoms with van der Waals surface area (Å²) < 4.78 is 0. The fourth-order valence-electron chi connectivity index (χ4n) is 2.88. The number of nitrogens with zero attached hydrogens (tertiary/aromatic N) is 3. The van der Waals surface area contributed by atoms with Crippen molar-refractivity contribution < 1.29 is 0 Å². The summed E-state index contributed by atoms with van der Waals surface area (Å²) in [7, 11) is 0. The predicted molar refractivity (Wildman–Crippen MR) is 104 cm³/mol. The van der Waals surface area contributed by atoms with Gasteiger partial charge in [0.25, 0.3) is 0 Å². The van der Waals surface area contributed by atoms with E-state index in [1.807, 2.05) is 36.4 Å². The van der Waals surface area contributed by atoms with Crippen molar-refractivity contribution in [2.75, 3.05) is 0 Å². The van der Waals surface area contributed by atoms with E-state index in [1.165, 1.54) is 0 Å². The van der Waals surface area contributed by atoms with Gasteiger partial charge in [0.1, 0.15) is 0 Å². The van der Waals surface area contributed by atoms with Crippen molar-refractivity contribution >= 4 is 29.1 Å². The molecule has 126 valence electrons. The lowest BCUT2D eigenvalue weighted by Gasteiger charge is -2.12. The minimum Gasteiger partial charge on any atom is -0.304 e. The Balaban J connectivity index is 1.83. The van der Waals surface area contributed by atoms with Crippen LogP contribution < -0.4 is 5.69 Å². The molecule has 4 rings (SSSR count). The Morgan fingerprint density at radius 1 is 1.04 bits per heavy atom. The van der Waals surface area contributed by atoms with E-state index < -0.39 is 0 Å². The highest BCUT2D eigenvalue weighted by Gasteiger charge is 2.11. The second-order valence-corrected chi connectivity index (χ2v) is 5.80. The van der Waals surface area contributed by atoms with Crippen molar-refractivity contribution in [3.63, 3.8) is 0 Å². The minimum atomic E-state index is -0.275. The largest absolute Gasteiger partial charge is 0.325 e. The Hall–Kier alpha value is -3.80. The highest BCUT2D eigenvalue weighted by atomic mass is 16.1. The Morgan fingerprint density at radius 3 is 2.62 bits per heavy atom. The van der Waals surface area contributed by atoms with Crippen LogP contribution in [0.3, 0.4) is 0 Å². The maximum absolute atomic E-state index is 11.4. The average molecular weight is 341 g/mol. The van der Waals surface area contributed by atoms with E-state index in [-0.39, 0.29) is 5.69 Å². The molecule has 1 aromatic carbocycles. The summed E-state index contributed by atoms with van der Waals surface area (Å²) in [6, 6.07) is 11.5. The van der Waals surface area contributed by atoms with E-state index in [1.54, 1.807) is 18.6 Å². The molecule has 0 saturated heterocycles. The molecule has 26 heavy (non-hydrogen) atoms. The summed E-state index contributed by atoms with van der Waals surface area (Å²) in [4.78, 5) is 29.3. The van der Waals surface area contributed by atoms with Gasteiger partial charge in [-0.25, -0.2) is 9.78 Å². The molecule has 0 aliphatic carbocycles. The van der Waals surface area contributed by atoms with Gasteiger partial charge in [0.2, 0.25) is 0 Å². The van der Waals surface area contributed by atoms with Crippen LogP contribution in [0.4, 0.5) is 5.69 Å². The summed E-state index contributed by atoms with van der Waals surface area (Å²) >= 11 is 0. The first-order valence-corrected chi connectivity index (χ1v) is 7.94. The number of aromatic nitrogens is 4. The van der Waals surface area contributed by atoms with Crippen LogP contribution in [-0.4, -0.2) is 26.7 Å². The number of hydrogen-bond donors (Lipinski definition) is 2. The molecule has 3 aromatic heterocycles. The number of pyridine rings is 2. The van der Waals surface area contributed by atoms with Gasteiger partial charge >= 0.3 is 5.69 Å². The standard InChI is InChI=1S/C20H15N5O/c1-12(13-5-7-22-8-6-13)16-9-14(3-4-17(16)21-2)15-10-18-19(23-11-15)25-20(26)24-18/h3-11H,1-2H2,(H2,23,24,25,26). The van der Waals surface area contributed by atoms with E-state index in [2.05, 4.69) is 38.2 Å². The van der Waals surface area contributed by atoms with Gasteiger partial charge < -0.3 is 4.98 Å². The van der Waals surface area contributed by atoms with E-state index in [9.17, 15) is 4.79 Å². The Morgan fingerprint density at radius 2 is 1.85 bits per heavy atom. The normalized spacial score (nSPS) is 10.8. The van der Waals surface area contributed by atoms with Crippen LogP contribution in [0.1, 0.15) is 11.1 Å². The molecule has 0 aliphatic heterocycles. The molecular weight excluding hydrogens is 326 g/mol. The zero-order valence-corrected chi connectivity index (χ0v) is 13.9. The second-order valence-electron chi connectivity index (χ2n) is 5.80. The van der Waals surface area contributed by atoms with Crippen LogP contribution in [-0.2, 0) is 0 Å². The highest BCUT2D eigenvalue weighted by molar-refractivity contribution is 5.87. The number of rotatable bonds is 4. The first-order valence-electron chi connectivity index (χ1n) is 7.94. The Labute approximate surface area is 149 Å². The minimum absolute atomic E-state index is 0.275. The zero-order valence-electron chi connectivity index (χ0n) is 13.9. The first-order chi connectivity index (χ1) is 12.7. The maximum atomic E-state index is 11.4. The van der Waals surface area contributed by atoms with Crippen LogP contribution in [0.2, 0.25) is 0 Å². The summed E-state index contributed by atoms with van der Waals surface area (Å²) in [6.07, 6.45) is 5.18. The first kappa shape index (κ1) is 15.7. The SMILES string of the molecule is C=Nc1ccc(-c2cnc3[nH]c(=O)[nH]c3c2)cc1C(=C)c1ccncc1. The quantitative estimate of drug-likeness (QED) is 0.555. The van der Waals surface area contributed by atoms with E-state index in [0.717, 1.165) is 33.5 Å². The molecule has 2 N–H and O–H groups in total. The maximum Gasteiger partial charge on any atom is 0.325 e. The fraction of sp³-hybridized carbons (Fsp3) is 0. The summed E-state index contributed by atoms with van der Waals surface area (Å²) in [5, 5.41) is 0. The fourth-order valence-corrected chi connectivity index (χ4v) is 2.88. The van der Waals surface area contributed by atoms with Gasteiger partial charge in [-0.05, 0) is 53.7 Å². The lowest BCUT2D eigenvalue weighted by atomic mass is 9.95.